The Hall–Kier alpha value is -1.52. The van der Waals surface area contributed by atoms with Crippen molar-refractivity contribution < 1.29 is 9.84 Å². The molecule has 0 bridgehead atoms. The first-order valence-corrected chi connectivity index (χ1v) is 7.85. The van der Waals surface area contributed by atoms with Crippen molar-refractivity contribution in [3.05, 3.63) is 57.6 Å². The minimum absolute atomic E-state index is 0.146. The van der Waals surface area contributed by atoms with E-state index in [1.54, 1.807) is 7.11 Å². The van der Waals surface area contributed by atoms with Gasteiger partial charge in [0.05, 0.1) is 11.6 Å². The molecule has 0 spiro atoms. The number of aromatic hydroxyl groups is 1. The van der Waals surface area contributed by atoms with Crippen LogP contribution in [0.3, 0.4) is 0 Å². The van der Waals surface area contributed by atoms with Gasteiger partial charge in [0.2, 0.25) is 0 Å². The molecule has 4 heteroatoms. The van der Waals surface area contributed by atoms with Crippen LogP contribution in [0.1, 0.15) is 29.2 Å². The van der Waals surface area contributed by atoms with Crippen LogP contribution in [0.5, 0.6) is 11.5 Å². The number of methoxy groups -OCH3 is 1. The molecule has 1 aliphatic rings. The molecule has 0 radical (unpaired) electrons. The van der Waals surface area contributed by atoms with Gasteiger partial charge in [-0.25, -0.2) is 0 Å². The Morgan fingerprint density at radius 3 is 2.95 bits per heavy atom. The van der Waals surface area contributed by atoms with E-state index in [4.69, 9.17) is 4.74 Å². The van der Waals surface area contributed by atoms with Crippen molar-refractivity contribution in [1.29, 1.82) is 0 Å². The normalized spacial score (nSPS) is 16.8. The van der Waals surface area contributed by atoms with Gasteiger partial charge in [-0.15, -0.1) is 0 Å². The Morgan fingerprint density at radius 2 is 2.14 bits per heavy atom. The molecule has 2 aromatic rings. The maximum atomic E-state index is 9.84. The molecular weight excluding hydrogens is 330 g/mol. The van der Waals surface area contributed by atoms with Crippen LogP contribution in [0, 0.1) is 0 Å². The van der Waals surface area contributed by atoms with Gasteiger partial charge in [-0.1, -0.05) is 24.3 Å². The SMILES string of the molecule is COc1cc(CNC2CCc3ccccc32)cc(Br)c1O. The van der Waals surface area contributed by atoms with Crippen LogP contribution in [-0.2, 0) is 13.0 Å². The average molecular weight is 348 g/mol. The van der Waals surface area contributed by atoms with E-state index in [-0.39, 0.29) is 5.75 Å². The Labute approximate surface area is 133 Å². The molecule has 0 fully saturated rings. The molecule has 0 saturated carbocycles. The summed E-state index contributed by atoms with van der Waals surface area (Å²) in [4.78, 5) is 0. The number of fused-ring (bicyclic) bond motifs is 1. The fourth-order valence-corrected chi connectivity index (χ4v) is 3.38. The van der Waals surface area contributed by atoms with Crippen molar-refractivity contribution in [2.75, 3.05) is 7.11 Å². The highest BCUT2D eigenvalue weighted by molar-refractivity contribution is 9.10. The summed E-state index contributed by atoms with van der Waals surface area (Å²) in [6.07, 6.45) is 2.27. The minimum atomic E-state index is 0.146. The lowest BCUT2D eigenvalue weighted by Crippen LogP contribution is -2.18. The van der Waals surface area contributed by atoms with Gasteiger partial charge in [-0.05, 0) is 57.6 Å². The van der Waals surface area contributed by atoms with Gasteiger partial charge in [0.1, 0.15) is 0 Å². The zero-order valence-corrected chi connectivity index (χ0v) is 13.5. The lowest BCUT2D eigenvalue weighted by atomic mass is 10.1. The second-order valence-electron chi connectivity index (χ2n) is 5.30. The summed E-state index contributed by atoms with van der Waals surface area (Å²) in [7, 11) is 1.56. The average Bonchev–Trinajstić information content (AvgIpc) is 2.91. The van der Waals surface area contributed by atoms with E-state index in [1.807, 2.05) is 12.1 Å². The number of hydrogen-bond donors (Lipinski definition) is 2. The summed E-state index contributed by atoms with van der Waals surface area (Å²) in [6, 6.07) is 12.8. The molecule has 2 N–H and O–H groups in total. The highest BCUT2D eigenvalue weighted by atomic mass is 79.9. The molecule has 0 heterocycles. The lowest BCUT2D eigenvalue weighted by Gasteiger charge is -2.15. The summed E-state index contributed by atoms with van der Waals surface area (Å²) in [5.41, 5.74) is 3.93. The third-order valence-electron chi connectivity index (χ3n) is 3.99. The first-order valence-electron chi connectivity index (χ1n) is 7.05. The van der Waals surface area contributed by atoms with Crippen LogP contribution in [0.2, 0.25) is 0 Å². The number of phenolic OH excluding ortho intramolecular Hbond substituents is 1. The van der Waals surface area contributed by atoms with Crippen molar-refractivity contribution in [2.45, 2.75) is 25.4 Å². The molecule has 0 aromatic heterocycles. The first kappa shape index (κ1) is 14.4. The highest BCUT2D eigenvalue weighted by Crippen LogP contribution is 2.36. The number of hydrogen-bond acceptors (Lipinski definition) is 3. The number of nitrogens with one attached hydrogen (secondary N) is 1. The number of benzene rings is 2. The molecule has 0 saturated heterocycles. The Morgan fingerprint density at radius 1 is 1.33 bits per heavy atom. The van der Waals surface area contributed by atoms with E-state index in [0.29, 0.717) is 16.3 Å². The summed E-state index contributed by atoms with van der Waals surface area (Å²) >= 11 is 3.36. The number of phenols is 1. The largest absolute Gasteiger partial charge is 0.503 e. The van der Waals surface area contributed by atoms with E-state index < -0.39 is 0 Å². The minimum Gasteiger partial charge on any atom is -0.503 e. The van der Waals surface area contributed by atoms with Crippen LogP contribution in [0.25, 0.3) is 0 Å². The second-order valence-corrected chi connectivity index (χ2v) is 6.15. The highest BCUT2D eigenvalue weighted by Gasteiger charge is 2.21. The van der Waals surface area contributed by atoms with Crippen molar-refractivity contribution in [1.82, 2.24) is 5.32 Å². The van der Waals surface area contributed by atoms with E-state index in [0.717, 1.165) is 24.9 Å². The molecule has 110 valence electrons. The van der Waals surface area contributed by atoms with Crippen LogP contribution in [0.15, 0.2) is 40.9 Å². The Kier molecular flexibility index (Phi) is 4.17. The quantitative estimate of drug-likeness (QED) is 0.879. The van der Waals surface area contributed by atoms with Crippen molar-refractivity contribution in [2.24, 2.45) is 0 Å². The Balaban J connectivity index is 1.73. The van der Waals surface area contributed by atoms with Crippen LogP contribution in [-0.4, -0.2) is 12.2 Å². The smallest absolute Gasteiger partial charge is 0.172 e. The summed E-state index contributed by atoms with van der Waals surface area (Å²) in [5.74, 6) is 0.639. The zero-order valence-electron chi connectivity index (χ0n) is 11.9. The monoisotopic (exact) mass is 347 g/mol. The molecule has 2 aromatic carbocycles. The lowest BCUT2D eigenvalue weighted by molar-refractivity contribution is 0.371. The van der Waals surface area contributed by atoms with Gasteiger partial charge >= 0.3 is 0 Å². The van der Waals surface area contributed by atoms with Crippen molar-refractivity contribution >= 4 is 15.9 Å². The van der Waals surface area contributed by atoms with E-state index >= 15 is 0 Å². The number of aryl methyl sites for hydroxylation is 1. The molecule has 0 amide bonds. The Bertz CT molecular complexity index is 657. The van der Waals surface area contributed by atoms with Crippen LogP contribution >= 0.6 is 15.9 Å². The van der Waals surface area contributed by atoms with E-state index in [2.05, 4.69) is 45.5 Å². The maximum absolute atomic E-state index is 9.84. The summed E-state index contributed by atoms with van der Waals surface area (Å²) < 4.78 is 5.84. The van der Waals surface area contributed by atoms with Gasteiger partial charge in [-0.3, -0.25) is 0 Å². The standard InChI is InChI=1S/C17H18BrNO2/c1-21-16-9-11(8-14(18)17(16)20)10-19-15-7-6-12-4-2-3-5-13(12)15/h2-5,8-9,15,19-20H,6-7,10H2,1H3. The van der Waals surface area contributed by atoms with Crippen LogP contribution < -0.4 is 10.1 Å². The summed E-state index contributed by atoms with van der Waals surface area (Å²) in [6.45, 7) is 0.744. The van der Waals surface area contributed by atoms with Crippen molar-refractivity contribution in [3.63, 3.8) is 0 Å². The molecule has 1 aliphatic carbocycles. The fraction of sp³-hybridized carbons (Fsp3) is 0.294. The van der Waals surface area contributed by atoms with E-state index in [1.165, 1.54) is 11.1 Å². The van der Waals surface area contributed by atoms with Gasteiger partial charge in [0.15, 0.2) is 11.5 Å². The molecule has 1 atom stereocenters. The number of rotatable bonds is 4. The maximum Gasteiger partial charge on any atom is 0.172 e. The van der Waals surface area contributed by atoms with Crippen LogP contribution in [0.4, 0.5) is 0 Å². The van der Waals surface area contributed by atoms with Gasteiger partial charge in [0, 0.05) is 12.6 Å². The third-order valence-corrected chi connectivity index (χ3v) is 4.60. The molecular formula is C17H18BrNO2. The molecule has 0 aliphatic heterocycles. The number of ether oxygens (including phenoxy) is 1. The topological polar surface area (TPSA) is 41.5 Å². The van der Waals surface area contributed by atoms with E-state index in [9.17, 15) is 5.11 Å². The fourth-order valence-electron chi connectivity index (χ4n) is 2.90. The second kappa shape index (κ2) is 6.08. The zero-order chi connectivity index (χ0) is 14.8. The predicted octanol–water partition coefficient (Wildman–Crippen LogP) is 3.94. The number of halogens is 1. The first-order chi connectivity index (χ1) is 10.2. The molecule has 1 unspecified atom stereocenters. The van der Waals surface area contributed by atoms with Crippen molar-refractivity contribution in [3.8, 4) is 11.5 Å². The molecule has 3 rings (SSSR count). The molecule has 21 heavy (non-hydrogen) atoms. The van der Waals surface area contributed by atoms with Gasteiger partial charge in [-0.2, -0.15) is 0 Å². The predicted molar refractivity (Wildman–Crippen MR) is 86.7 cm³/mol. The van der Waals surface area contributed by atoms with Gasteiger partial charge < -0.3 is 15.2 Å². The molecule has 3 nitrogen and oxygen atoms in total. The summed E-state index contributed by atoms with van der Waals surface area (Å²) in [5, 5.41) is 13.4. The third kappa shape index (κ3) is 2.92. The van der Waals surface area contributed by atoms with Gasteiger partial charge in [0.25, 0.3) is 0 Å².